The lowest BCUT2D eigenvalue weighted by Gasteiger charge is -2.01. The van der Waals surface area contributed by atoms with Gasteiger partial charge in [0.1, 0.15) is 0 Å². The topological polar surface area (TPSA) is 34.9 Å². The Balaban J connectivity index is 2.00. The number of rotatable bonds is 2. The van der Waals surface area contributed by atoms with E-state index in [1.54, 1.807) is 13.4 Å². The van der Waals surface area contributed by atoms with E-state index in [0.717, 1.165) is 16.6 Å². The smallest absolute Gasteiger partial charge is 0.260 e. The third-order valence-electron chi connectivity index (χ3n) is 3.21. The molecule has 0 saturated carbocycles. The normalized spacial score (nSPS) is 11.2. The molecule has 20 heavy (non-hydrogen) atoms. The zero-order chi connectivity index (χ0) is 13.9. The molecule has 98 valence electrons. The molecule has 0 spiro atoms. The summed E-state index contributed by atoms with van der Waals surface area (Å²) in [5.41, 5.74) is 2.88. The summed E-state index contributed by atoms with van der Waals surface area (Å²) in [4.78, 5) is 16.2. The number of fused-ring (bicyclic) bond motifs is 1. The van der Waals surface area contributed by atoms with Gasteiger partial charge < -0.3 is 4.57 Å². The second kappa shape index (κ2) is 5.13. The molecule has 0 aliphatic heterocycles. The van der Waals surface area contributed by atoms with E-state index in [2.05, 4.69) is 4.98 Å². The van der Waals surface area contributed by atoms with Crippen LogP contribution in [0.3, 0.4) is 0 Å². The van der Waals surface area contributed by atoms with Crippen molar-refractivity contribution < 1.29 is 0 Å². The fraction of sp³-hybridized carbons (Fsp3) is 0.0588. The van der Waals surface area contributed by atoms with Gasteiger partial charge in [0.2, 0.25) is 0 Å². The third-order valence-corrected chi connectivity index (χ3v) is 3.21. The molecule has 0 fully saturated rings. The van der Waals surface area contributed by atoms with Crippen LogP contribution in [0.2, 0.25) is 0 Å². The lowest BCUT2D eigenvalue weighted by atomic mass is 10.1. The standard InChI is InChI=1S/C17H14N2O/c1-19-12-18-16-11-14(9-10-15(16)17(19)20)8-7-13-5-3-2-4-6-13/h2-12H,1H3. The van der Waals surface area contributed by atoms with Gasteiger partial charge in [0.05, 0.1) is 17.2 Å². The summed E-state index contributed by atoms with van der Waals surface area (Å²) in [6.07, 6.45) is 5.62. The minimum atomic E-state index is -0.0198. The van der Waals surface area contributed by atoms with Crippen molar-refractivity contribution in [1.82, 2.24) is 9.55 Å². The monoisotopic (exact) mass is 262 g/mol. The zero-order valence-corrected chi connectivity index (χ0v) is 11.2. The Labute approximate surface area is 116 Å². The second-order valence-corrected chi connectivity index (χ2v) is 4.68. The first-order valence-corrected chi connectivity index (χ1v) is 6.42. The molecule has 0 saturated heterocycles. The summed E-state index contributed by atoms with van der Waals surface area (Å²) in [6.45, 7) is 0. The number of hydrogen-bond donors (Lipinski definition) is 0. The Bertz CT molecular complexity index is 832. The quantitative estimate of drug-likeness (QED) is 0.665. The molecule has 0 unspecified atom stereocenters. The number of benzene rings is 2. The Hall–Kier alpha value is -2.68. The summed E-state index contributed by atoms with van der Waals surface area (Å²) in [5.74, 6) is 0. The molecule has 1 heterocycles. The second-order valence-electron chi connectivity index (χ2n) is 4.68. The molecule has 0 aliphatic rings. The number of aryl methyl sites for hydroxylation is 1. The highest BCUT2D eigenvalue weighted by Gasteiger charge is 2.01. The first kappa shape index (κ1) is 12.4. The van der Waals surface area contributed by atoms with Crippen LogP contribution in [0.5, 0.6) is 0 Å². The predicted octanol–water partition coefficient (Wildman–Crippen LogP) is 3.10. The van der Waals surface area contributed by atoms with Crippen molar-refractivity contribution in [3.05, 3.63) is 76.3 Å². The molecular weight excluding hydrogens is 248 g/mol. The van der Waals surface area contributed by atoms with Gasteiger partial charge in [-0.1, -0.05) is 48.6 Å². The number of nitrogens with zero attached hydrogens (tertiary/aromatic N) is 2. The first-order chi connectivity index (χ1) is 9.74. The largest absolute Gasteiger partial charge is 0.302 e. The molecule has 0 N–H and O–H groups in total. The van der Waals surface area contributed by atoms with Gasteiger partial charge in [-0.2, -0.15) is 0 Å². The van der Waals surface area contributed by atoms with Crippen LogP contribution in [0.4, 0.5) is 0 Å². The first-order valence-electron chi connectivity index (χ1n) is 6.42. The SMILES string of the molecule is Cn1cnc2cc(C=Cc3ccccc3)ccc2c1=O. The van der Waals surface area contributed by atoms with E-state index in [4.69, 9.17) is 0 Å². The molecule has 3 aromatic rings. The van der Waals surface area contributed by atoms with Gasteiger partial charge >= 0.3 is 0 Å². The van der Waals surface area contributed by atoms with Crippen LogP contribution in [0.15, 0.2) is 59.7 Å². The summed E-state index contributed by atoms with van der Waals surface area (Å²) < 4.78 is 1.49. The van der Waals surface area contributed by atoms with Crippen LogP contribution in [0, 0.1) is 0 Å². The van der Waals surface area contributed by atoms with E-state index in [1.165, 1.54) is 4.57 Å². The minimum absolute atomic E-state index is 0.0198. The lowest BCUT2D eigenvalue weighted by molar-refractivity contribution is 0.843. The molecular formula is C17H14N2O. The third kappa shape index (κ3) is 2.38. The molecule has 3 rings (SSSR count). The Morgan fingerprint density at radius 3 is 2.55 bits per heavy atom. The van der Waals surface area contributed by atoms with Crippen LogP contribution < -0.4 is 5.56 Å². The fourth-order valence-electron chi connectivity index (χ4n) is 2.09. The molecule has 0 bridgehead atoms. The molecule has 3 heteroatoms. The van der Waals surface area contributed by atoms with E-state index in [0.29, 0.717) is 5.39 Å². The molecule has 3 nitrogen and oxygen atoms in total. The zero-order valence-electron chi connectivity index (χ0n) is 11.2. The molecule has 0 aliphatic carbocycles. The highest BCUT2D eigenvalue weighted by Crippen LogP contribution is 2.13. The van der Waals surface area contributed by atoms with Crippen LogP contribution in [-0.2, 0) is 7.05 Å². The average molecular weight is 262 g/mol. The highest BCUT2D eigenvalue weighted by atomic mass is 16.1. The number of aromatic nitrogens is 2. The maximum absolute atomic E-state index is 11.9. The van der Waals surface area contributed by atoms with Crippen molar-refractivity contribution in [2.24, 2.45) is 7.05 Å². The van der Waals surface area contributed by atoms with Crippen molar-refractivity contribution in [3.8, 4) is 0 Å². The Morgan fingerprint density at radius 2 is 1.75 bits per heavy atom. The minimum Gasteiger partial charge on any atom is -0.302 e. The van der Waals surface area contributed by atoms with E-state index in [1.807, 2.05) is 60.7 Å². The maximum Gasteiger partial charge on any atom is 0.260 e. The van der Waals surface area contributed by atoms with Gasteiger partial charge in [0.25, 0.3) is 5.56 Å². The highest BCUT2D eigenvalue weighted by molar-refractivity contribution is 5.82. The van der Waals surface area contributed by atoms with E-state index in [9.17, 15) is 4.79 Å². The Kier molecular flexibility index (Phi) is 3.17. The summed E-state index contributed by atoms with van der Waals surface area (Å²) in [7, 11) is 1.71. The van der Waals surface area contributed by atoms with Crippen molar-refractivity contribution >= 4 is 23.1 Å². The van der Waals surface area contributed by atoms with E-state index in [-0.39, 0.29) is 5.56 Å². The maximum atomic E-state index is 11.9. The lowest BCUT2D eigenvalue weighted by Crippen LogP contribution is -2.16. The molecule has 0 amide bonds. The van der Waals surface area contributed by atoms with Gasteiger partial charge in [-0.05, 0) is 23.3 Å². The van der Waals surface area contributed by atoms with E-state index >= 15 is 0 Å². The Morgan fingerprint density at radius 1 is 1.00 bits per heavy atom. The van der Waals surface area contributed by atoms with E-state index < -0.39 is 0 Å². The van der Waals surface area contributed by atoms with Crippen molar-refractivity contribution in [3.63, 3.8) is 0 Å². The summed E-state index contributed by atoms with van der Waals surface area (Å²) in [5, 5.41) is 0.645. The fourth-order valence-corrected chi connectivity index (χ4v) is 2.09. The van der Waals surface area contributed by atoms with Crippen molar-refractivity contribution in [2.45, 2.75) is 0 Å². The van der Waals surface area contributed by atoms with Crippen LogP contribution in [0.25, 0.3) is 23.1 Å². The van der Waals surface area contributed by atoms with Crippen LogP contribution in [-0.4, -0.2) is 9.55 Å². The predicted molar refractivity (Wildman–Crippen MR) is 82.4 cm³/mol. The van der Waals surface area contributed by atoms with Crippen molar-refractivity contribution in [2.75, 3.05) is 0 Å². The average Bonchev–Trinajstić information content (AvgIpc) is 2.50. The van der Waals surface area contributed by atoms with Gasteiger partial charge in [0.15, 0.2) is 0 Å². The molecule has 0 radical (unpaired) electrons. The van der Waals surface area contributed by atoms with Gasteiger partial charge in [0, 0.05) is 7.05 Å². The van der Waals surface area contributed by atoms with Gasteiger partial charge in [-0.15, -0.1) is 0 Å². The summed E-state index contributed by atoms with van der Waals surface area (Å²) in [6, 6.07) is 15.8. The molecule has 2 aromatic carbocycles. The van der Waals surface area contributed by atoms with Gasteiger partial charge in [-0.25, -0.2) is 4.98 Å². The van der Waals surface area contributed by atoms with Crippen LogP contribution >= 0.6 is 0 Å². The summed E-state index contributed by atoms with van der Waals surface area (Å²) >= 11 is 0. The molecule has 1 aromatic heterocycles. The molecule has 0 atom stereocenters. The van der Waals surface area contributed by atoms with Gasteiger partial charge in [-0.3, -0.25) is 4.79 Å². The van der Waals surface area contributed by atoms with Crippen molar-refractivity contribution in [1.29, 1.82) is 0 Å². The number of hydrogen-bond acceptors (Lipinski definition) is 2. The van der Waals surface area contributed by atoms with Crippen LogP contribution in [0.1, 0.15) is 11.1 Å².